The molecule has 6 nitrogen and oxygen atoms in total. The topological polar surface area (TPSA) is 78.5 Å². The van der Waals surface area contributed by atoms with Gasteiger partial charge in [-0.3, -0.25) is 14.4 Å². The Labute approximate surface area is 183 Å². The number of carbonyl (C=O) groups excluding carboxylic acids is 1. The van der Waals surface area contributed by atoms with Crippen molar-refractivity contribution in [3.63, 3.8) is 0 Å². The summed E-state index contributed by atoms with van der Waals surface area (Å²) in [5.74, 6) is -0.288. The minimum atomic E-state index is -3.49. The van der Waals surface area contributed by atoms with Crippen LogP contribution in [-0.2, 0) is 23.1 Å². The number of anilines is 1. The largest absolute Gasteiger partial charge is 0.348 e. The number of nitrogens with zero attached hydrogens (tertiary/aromatic N) is 1. The molecule has 0 spiro atoms. The van der Waals surface area contributed by atoms with Gasteiger partial charge in [0.1, 0.15) is 0 Å². The molecule has 30 heavy (non-hydrogen) atoms. The van der Waals surface area contributed by atoms with Crippen LogP contribution in [0.3, 0.4) is 0 Å². The molecule has 1 heterocycles. The number of likely N-dealkylation sites (tertiary alicyclic amines) is 1. The Morgan fingerprint density at radius 1 is 1.17 bits per heavy atom. The van der Waals surface area contributed by atoms with E-state index in [9.17, 15) is 13.2 Å². The molecule has 1 saturated heterocycles. The van der Waals surface area contributed by atoms with Crippen LogP contribution < -0.4 is 10.0 Å². The summed E-state index contributed by atoms with van der Waals surface area (Å²) in [6, 6.07) is 13.2. The summed E-state index contributed by atoms with van der Waals surface area (Å²) < 4.78 is 25.3. The predicted octanol–water partition coefficient (Wildman–Crippen LogP) is 4.02. The van der Waals surface area contributed by atoms with Crippen LogP contribution in [0.4, 0.5) is 5.69 Å². The normalized spacial score (nSPS) is 17.5. The standard InChI is InChI=1S/C22H28ClN3O3S/c1-16-7-5-6-12-26(16)15-19-9-4-3-8-18(19)14-24-22(27)17-10-11-20(23)21(13-17)25-30(2,28)29/h3-4,8-11,13,16,25H,5-7,12,14-15H2,1-2H3,(H,24,27)/t16-/m0/s1. The van der Waals surface area contributed by atoms with Gasteiger partial charge in [0.05, 0.1) is 17.0 Å². The molecule has 1 aliphatic rings. The Hall–Kier alpha value is -2.09. The lowest BCUT2D eigenvalue weighted by molar-refractivity contribution is 0.0950. The zero-order valence-electron chi connectivity index (χ0n) is 17.3. The van der Waals surface area contributed by atoms with E-state index in [0.29, 0.717) is 18.2 Å². The van der Waals surface area contributed by atoms with Gasteiger partial charge in [-0.25, -0.2) is 8.42 Å². The number of halogens is 1. The molecule has 1 atom stereocenters. The van der Waals surface area contributed by atoms with E-state index in [1.807, 2.05) is 18.2 Å². The Balaban J connectivity index is 1.69. The molecule has 0 bridgehead atoms. The summed E-state index contributed by atoms with van der Waals surface area (Å²) in [7, 11) is -3.49. The second-order valence-corrected chi connectivity index (χ2v) is 9.99. The molecule has 0 unspecified atom stereocenters. The van der Waals surface area contributed by atoms with Crippen LogP contribution in [0.2, 0.25) is 5.02 Å². The highest BCUT2D eigenvalue weighted by molar-refractivity contribution is 7.92. The van der Waals surface area contributed by atoms with E-state index in [-0.39, 0.29) is 16.6 Å². The third-order valence-electron chi connectivity index (χ3n) is 5.40. The zero-order chi connectivity index (χ0) is 21.7. The van der Waals surface area contributed by atoms with Gasteiger partial charge in [0.15, 0.2) is 0 Å². The monoisotopic (exact) mass is 449 g/mol. The maximum Gasteiger partial charge on any atom is 0.251 e. The summed E-state index contributed by atoms with van der Waals surface area (Å²) in [5.41, 5.74) is 2.81. The first-order valence-electron chi connectivity index (χ1n) is 10.1. The summed E-state index contributed by atoms with van der Waals surface area (Å²) >= 11 is 6.04. The maximum absolute atomic E-state index is 12.7. The van der Waals surface area contributed by atoms with Gasteiger partial charge in [-0.2, -0.15) is 0 Å². The molecule has 1 fully saturated rings. The lowest BCUT2D eigenvalue weighted by atomic mass is 10.0. The van der Waals surface area contributed by atoms with Crippen LogP contribution in [0.25, 0.3) is 0 Å². The SMILES string of the molecule is C[C@H]1CCCCN1Cc1ccccc1CNC(=O)c1ccc(Cl)c(NS(C)(=O)=O)c1. The number of hydrogen-bond acceptors (Lipinski definition) is 4. The van der Waals surface area contributed by atoms with E-state index in [0.717, 1.165) is 24.9 Å². The van der Waals surface area contributed by atoms with Gasteiger partial charge >= 0.3 is 0 Å². The van der Waals surface area contributed by atoms with E-state index in [2.05, 4.69) is 27.9 Å². The van der Waals surface area contributed by atoms with Crippen LogP contribution in [0.1, 0.15) is 47.7 Å². The molecule has 0 saturated carbocycles. The van der Waals surface area contributed by atoms with E-state index in [4.69, 9.17) is 11.6 Å². The first-order chi connectivity index (χ1) is 14.2. The minimum absolute atomic E-state index is 0.186. The maximum atomic E-state index is 12.7. The average molecular weight is 450 g/mol. The van der Waals surface area contributed by atoms with Crippen LogP contribution in [0.5, 0.6) is 0 Å². The Bertz CT molecular complexity index is 1010. The highest BCUT2D eigenvalue weighted by atomic mass is 35.5. The fraction of sp³-hybridized carbons (Fsp3) is 0.409. The van der Waals surface area contributed by atoms with Gasteiger partial charge in [0, 0.05) is 24.7 Å². The lowest BCUT2D eigenvalue weighted by Gasteiger charge is -2.33. The summed E-state index contributed by atoms with van der Waals surface area (Å²) in [6.07, 6.45) is 4.77. The minimum Gasteiger partial charge on any atom is -0.348 e. The van der Waals surface area contributed by atoms with Crippen LogP contribution in [0, 0.1) is 0 Å². The van der Waals surface area contributed by atoms with E-state index < -0.39 is 10.0 Å². The summed E-state index contributed by atoms with van der Waals surface area (Å²) in [4.78, 5) is 15.2. The second-order valence-electron chi connectivity index (χ2n) is 7.84. The zero-order valence-corrected chi connectivity index (χ0v) is 18.9. The Morgan fingerprint density at radius 2 is 1.90 bits per heavy atom. The smallest absolute Gasteiger partial charge is 0.251 e. The fourth-order valence-electron chi connectivity index (χ4n) is 3.72. The van der Waals surface area contributed by atoms with Crippen molar-refractivity contribution in [1.29, 1.82) is 0 Å². The molecule has 0 aliphatic carbocycles. The summed E-state index contributed by atoms with van der Waals surface area (Å²) in [5, 5.41) is 3.17. The first-order valence-corrected chi connectivity index (χ1v) is 12.4. The molecule has 0 radical (unpaired) electrons. The number of rotatable bonds is 7. The predicted molar refractivity (Wildman–Crippen MR) is 121 cm³/mol. The van der Waals surface area contributed by atoms with Gasteiger partial charge in [0.2, 0.25) is 10.0 Å². The van der Waals surface area contributed by atoms with Crippen molar-refractivity contribution < 1.29 is 13.2 Å². The highest BCUT2D eigenvalue weighted by Crippen LogP contribution is 2.24. The third-order valence-corrected chi connectivity index (χ3v) is 6.32. The third kappa shape index (κ3) is 6.20. The number of nitrogens with one attached hydrogen (secondary N) is 2. The number of piperidine rings is 1. The number of amides is 1. The molecule has 8 heteroatoms. The number of carbonyl (C=O) groups is 1. The number of hydrogen-bond donors (Lipinski definition) is 2. The van der Waals surface area contributed by atoms with Gasteiger partial charge in [0.25, 0.3) is 5.91 Å². The van der Waals surface area contributed by atoms with Crippen molar-refractivity contribution in [1.82, 2.24) is 10.2 Å². The molecular formula is C22H28ClN3O3S. The van der Waals surface area contributed by atoms with E-state index >= 15 is 0 Å². The van der Waals surface area contributed by atoms with Crippen LogP contribution in [-0.4, -0.2) is 38.1 Å². The van der Waals surface area contributed by atoms with Crippen LogP contribution >= 0.6 is 11.6 Å². The molecule has 3 rings (SSSR count). The van der Waals surface area contributed by atoms with Crippen molar-refractivity contribution in [3.05, 3.63) is 64.2 Å². The molecular weight excluding hydrogens is 422 g/mol. The molecule has 2 aromatic rings. The Morgan fingerprint density at radius 3 is 2.60 bits per heavy atom. The summed E-state index contributed by atoms with van der Waals surface area (Å²) in [6.45, 7) is 4.64. The molecule has 1 amide bonds. The average Bonchev–Trinajstić information content (AvgIpc) is 2.69. The lowest BCUT2D eigenvalue weighted by Crippen LogP contribution is -2.37. The van der Waals surface area contributed by atoms with Crippen molar-refractivity contribution in [2.75, 3.05) is 17.5 Å². The van der Waals surface area contributed by atoms with Gasteiger partial charge < -0.3 is 5.32 Å². The van der Waals surface area contributed by atoms with Gasteiger partial charge in [-0.05, 0) is 55.6 Å². The molecule has 0 aromatic heterocycles. The van der Waals surface area contributed by atoms with Crippen molar-refractivity contribution in [2.24, 2.45) is 0 Å². The number of sulfonamides is 1. The molecule has 2 aromatic carbocycles. The van der Waals surface area contributed by atoms with Crippen molar-refractivity contribution in [3.8, 4) is 0 Å². The quantitative estimate of drug-likeness (QED) is 0.669. The van der Waals surface area contributed by atoms with Crippen molar-refractivity contribution in [2.45, 2.75) is 45.3 Å². The highest BCUT2D eigenvalue weighted by Gasteiger charge is 2.19. The molecule has 2 N–H and O–H groups in total. The number of benzene rings is 2. The molecule has 162 valence electrons. The van der Waals surface area contributed by atoms with E-state index in [1.165, 1.54) is 37.0 Å². The fourth-order valence-corrected chi connectivity index (χ4v) is 4.51. The second kappa shape index (κ2) is 9.81. The Kier molecular flexibility index (Phi) is 7.39. The van der Waals surface area contributed by atoms with Crippen LogP contribution in [0.15, 0.2) is 42.5 Å². The first kappa shape index (κ1) is 22.6. The van der Waals surface area contributed by atoms with Gasteiger partial charge in [-0.1, -0.05) is 42.3 Å². The van der Waals surface area contributed by atoms with E-state index in [1.54, 1.807) is 6.07 Å². The van der Waals surface area contributed by atoms with Crippen molar-refractivity contribution >= 4 is 33.2 Å². The molecule has 1 aliphatic heterocycles. The van der Waals surface area contributed by atoms with Gasteiger partial charge in [-0.15, -0.1) is 0 Å².